The van der Waals surface area contributed by atoms with Crippen LogP contribution >= 0.6 is 22.6 Å². The Hall–Kier alpha value is -0.460. The summed E-state index contributed by atoms with van der Waals surface area (Å²) in [6, 6.07) is 0. The summed E-state index contributed by atoms with van der Waals surface area (Å²) >= 11 is 1.91. The van der Waals surface area contributed by atoms with E-state index in [1.807, 2.05) is 22.6 Å². The summed E-state index contributed by atoms with van der Waals surface area (Å²) in [7, 11) is 0. The lowest BCUT2D eigenvalue weighted by Gasteiger charge is -2.07. The summed E-state index contributed by atoms with van der Waals surface area (Å²) in [5.41, 5.74) is 5.89. The highest BCUT2D eigenvalue weighted by Crippen LogP contribution is 2.27. The highest BCUT2D eigenvalue weighted by molar-refractivity contribution is 14.1. The molecular formula is C7H7F2IN2. The van der Waals surface area contributed by atoms with E-state index >= 15 is 0 Å². The van der Waals surface area contributed by atoms with Gasteiger partial charge in [-0.25, -0.2) is 13.8 Å². The number of rotatable bonds is 1. The summed E-state index contributed by atoms with van der Waals surface area (Å²) in [5, 5.41) is 0. The van der Waals surface area contributed by atoms with E-state index in [0.717, 1.165) is 6.20 Å². The largest absolute Gasteiger partial charge is 0.383 e. The molecule has 1 aromatic rings. The molecule has 2 N–H and O–H groups in total. The minimum atomic E-state index is -2.48. The molecule has 0 amide bonds. The fourth-order valence-corrected chi connectivity index (χ4v) is 1.28. The van der Waals surface area contributed by atoms with Gasteiger partial charge in [0.15, 0.2) is 0 Å². The van der Waals surface area contributed by atoms with Crippen molar-refractivity contribution in [3.05, 3.63) is 20.9 Å². The molecule has 0 fully saturated rings. The van der Waals surface area contributed by atoms with E-state index in [4.69, 9.17) is 5.73 Å². The molecular weight excluding hydrogens is 277 g/mol. The Bertz CT molecular complexity index is 302. The second kappa shape index (κ2) is 3.51. The van der Waals surface area contributed by atoms with Crippen molar-refractivity contribution in [2.45, 2.75) is 13.3 Å². The predicted octanol–water partition coefficient (Wildman–Crippen LogP) is 2.51. The zero-order chi connectivity index (χ0) is 9.30. The molecule has 66 valence electrons. The standard InChI is InChI=1S/C7H7F2IN2/c1-3-4(6(8)9)2-12-7(11)5(3)10/h2,6H,1H3,(H2,11,12). The smallest absolute Gasteiger partial charge is 0.265 e. The zero-order valence-corrected chi connectivity index (χ0v) is 8.47. The third-order valence-corrected chi connectivity index (χ3v) is 2.93. The monoisotopic (exact) mass is 284 g/mol. The van der Waals surface area contributed by atoms with Crippen molar-refractivity contribution in [2.75, 3.05) is 5.73 Å². The second-order valence-corrected chi connectivity index (χ2v) is 3.42. The molecule has 0 saturated carbocycles. The SMILES string of the molecule is Cc1c(C(F)F)cnc(N)c1I. The Morgan fingerprint density at radius 1 is 1.58 bits per heavy atom. The molecule has 0 aliphatic rings. The molecule has 0 bridgehead atoms. The van der Waals surface area contributed by atoms with Gasteiger partial charge in [-0.05, 0) is 35.1 Å². The predicted molar refractivity (Wildman–Crippen MR) is 51.1 cm³/mol. The van der Waals surface area contributed by atoms with E-state index in [1.54, 1.807) is 6.92 Å². The zero-order valence-electron chi connectivity index (χ0n) is 6.31. The Morgan fingerprint density at radius 3 is 2.67 bits per heavy atom. The quantitative estimate of drug-likeness (QED) is 0.805. The molecule has 0 atom stereocenters. The summed E-state index contributed by atoms with van der Waals surface area (Å²) in [6.07, 6.45) is -1.36. The van der Waals surface area contributed by atoms with E-state index in [-0.39, 0.29) is 5.56 Å². The molecule has 0 radical (unpaired) electrons. The van der Waals surface area contributed by atoms with E-state index in [9.17, 15) is 8.78 Å². The maximum Gasteiger partial charge on any atom is 0.265 e. The van der Waals surface area contributed by atoms with Gasteiger partial charge in [-0.1, -0.05) is 0 Å². The molecule has 12 heavy (non-hydrogen) atoms. The molecule has 1 aromatic heterocycles. The molecule has 0 aliphatic carbocycles. The third kappa shape index (κ3) is 1.65. The lowest BCUT2D eigenvalue weighted by molar-refractivity contribution is 0.150. The van der Waals surface area contributed by atoms with Gasteiger partial charge in [-0.3, -0.25) is 0 Å². The first kappa shape index (κ1) is 9.63. The maximum absolute atomic E-state index is 12.3. The van der Waals surface area contributed by atoms with Crippen molar-refractivity contribution in [1.29, 1.82) is 0 Å². The molecule has 5 heteroatoms. The Kier molecular flexibility index (Phi) is 2.81. The van der Waals surface area contributed by atoms with Crippen LogP contribution < -0.4 is 5.73 Å². The summed E-state index contributed by atoms with van der Waals surface area (Å²) in [5.74, 6) is 0.303. The fourth-order valence-electron chi connectivity index (χ4n) is 0.831. The van der Waals surface area contributed by atoms with E-state index < -0.39 is 6.43 Å². The summed E-state index contributed by atoms with van der Waals surface area (Å²) in [4.78, 5) is 3.65. The van der Waals surface area contributed by atoms with Gasteiger partial charge in [0, 0.05) is 11.8 Å². The highest BCUT2D eigenvalue weighted by atomic mass is 127. The van der Waals surface area contributed by atoms with Crippen molar-refractivity contribution >= 4 is 28.4 Å². The number of nitrogens with two attached hydrogens (primary N) is 1. The van der Waals surface area contributed by atoms with Gasteiger partial charge >= 0.3 is 0 Å². The van der Waals surface area contributed by atoms with Crippen LogP contribution in [0.25, 0.3) is 0 Å². The van der Waals surface area contributed by atoms with Crippen LogP contribution in [0.2, 0.25) is 0 Å². The van der Waals surface area contributed by atoms with Gasteiger partial charge < -0.3 is 5.73 Å². The number of hydrogen-bond donors (Lipinski definition) is 1. The van der Waals surface area contributed by atoms with Crippen LogP contribution in [0.4, 0.5) is 14.6 Å². The molecule has 1 rings (SSSR count). The molecule has 0 unspecified atom stereocenters. The first-order chi connectivity index (χ1) is 5.54. The molecule has 0 spiro atoms. The van der Waals surface area contributed by atoms with E-state index in [1.165, 1.54) is 0 Å². The van der Waals surface area contributed by atoms with Crippen molar-refractivity contribution in [2.24, 2.45) is 0 Å². The average molecular weight is 284 g/mol. The highest BCUT2D eigenvalue weighted by Gasteiger charge is 2.14. The second-order valence-electron chi connectivity index (χ2n) is 2.34. The number of anilines is 1. The number of nitrogens with zero attached hydrogens (tertiary/aromatic N) is 1. The number of nitrogen functional groups attached to an aromatic ring is 1. The van der Waals surface area contributed by atoms with Crippen LogP contribution in [0.1, 0.15) is 17.6 Å². The van der Waals surface area contributed by atoms with Gasteiger partial charge in [0.2, 0.25) is 0 Å². The van der Waals surface area contributed by atoms with Crippen molar-refractivity contribution < 1.29 is 8.78 Å². The van der Waals surface area contributed by atoms with Crippen LogP contribution in [-0.4, -0.2) is 4.98 Å². The molecule has 0 aromatic carbocycles. The van der Waals surface area contributed by atoms with Crippen LogP contribution in [-0.2, 0) is 0 Å². The Balaban J connectivity index is 3.27. The number of aromatic nitrogens is 1. The molecule has 0 saturated heterocycles. The number of halogens is 3. The fraction of sp³-hybridized carbons (Fsp3) is 0.286. The van der Waals surface area contributed by atoms with Gasteiger partial charge in [-0.2, -0.15) is 0 Å². The van der Waals surface area contributed by atoms with Crippen LogP contribution in [0.3, 0.4) is 0 Å². The molecule has 0 aliphatic heterocycles. The molecule has 2 nitrogen and oxygen atoms in total. The number of alkyl halides is 2. The van der Waals surface area contributed by atoms with Crippen molar-refractivity contribution in [3.8, 4) is 0 Å². The van der Waals surface area contributed by atoms with Gasteiger partial charge in [0.25, 0.3) is 6.43 Å². The van der Waals surface area contributed by atoms with Crippen LogP contribution in [0.15, 0.2) is 6.20 Å². The van der Waals surface area contributed by atoms with Crippen LogP contribution in [0.5, 0.6) is 0 Å². The summed E-state index contributed by atoms with van der Waals surface area (Å²) < 4.78 is 25.1. The first-order valence-corrected chi connectivity index (χ1v) is 4.30. The molecule has 1 heterocycles. The lowest BCUT2D eigenvalue weighted by Crippen LogP contribution is -2.00. The number of pyridine rings is 1. The topological polar surface area (TPSA) is 38.9 Å². The van der Waals surface area contributed by atoms with E-state index in [0.29, 0.717) is 15.0 Å². The minimum absolute atomic E-state index is 0.0476. The third-order valence-electron chi connectivity index (χ3n) is 1.56. The van der Waals surface area contributed by atoms with Crippen molar-refractivity contribution in [3.63, 3.8) is 0 Å². The normalized spacial score (nSPS) is 10.8. The van der Waals surface area contributed by atoms with Crippen LogP contribution in [0, 0.1) is 10.5 Å². The van der Waals surface area contributed by atoms with E-state index in [2.05, 4.69) is 4.98 Å². The van der Waals surface area contributed by atoms with Gasteiger partial charge in [-0.15, -0.1) is 0 Å². The van der Waals surface area contributed by atoms with Gasteiger partial charge in [0.05, 0.1) is 3.57 Å². The summed E-state index contributed by atoms with van der Waals surface area (Å²) in [6.45, 7) is 1.61. The van der Waals surface area contributed by atoms with Gasteiger partial charge in [0.1, 0.15) is 5.82 Å². The Labute approximate surface area is 82.3 Å². The maximum atomic E-state index is 12.3. The number of hydrogen-bond acceptors (Lipinski definition) is 2. The van der Waals surface area contributed by atoms with Crippen molar-refractivity contribution in [1.82, 2.24) is 4.98 Å². The average Bonchev–Trinajstić information content (AvgIpc) is 2.00. The Morgan fingerprint density at radius 2 is 2.17 bits per heavy atom. The minimum Gasteiger partial charge on any atom is -0.383 e. The first-order valence-electron chi connectivity index (χ1n) is 3.22. The lowest BCUT2D eigenvalue weighted by atomic mass is 10.2.